The molecule has 0 aliphatic carbocycles. The molecule has 132 valence electrons. The molecule has 1 aliphatic rings. The van der Waals surface area contributed by atoms with Crippen molar-refractivity contribution in [3.05, 3.63) is 53.8 Å². The molecule has 3 rings (SSSR count). The average molecular weight is 356 g/mol. The van der Waals surface area contributed by atoms with E-state index in [0.717, 1.165) is 10.6 Å². The van der Waals surface area contributed by atoms with E-state index < -0.39 is 15.2 Å². The van der Waals surface area contributed by atoms with Crippen molar-refractivity contribution in [1.29, 1.82) is 0 Å². The summed E-state index contributed by atoms with van der Waals surface area (Å²) >= 11 is 0. The standard InChI is InChI=1S/C20H26BFO2Si/c1-15-17(21-23-13-20(2,3)14-24-21)11-12-18(19(15)22)25(4,5)16-9-7-6-8-10-16/h6-12H,13-14H2,1-5H3. The number of hydrogen-bond donors (Lipinski definition) is 0. The highest BCUT2D eigenvalue weighted by atomic mass is 28.3. The highest BCUT2D eigenvalue weighted by Crippen LogP contribution is 2.22. The fourth-order valence-electron chi connectivity index (χ4n) is 3.32. The molecule has 0 aromatic heterocycles. The van der Waals surface area contributed by atoms with Crippen LogP contribution in [0.3, 0.4) is 0 Å². The highest BCUT2D eigenvalue weighted by molar-refractivity contribution is 7.00. The fraction of sp³-hybridized carbons (Fsp3) is 0.400. The Bertz CT molecular complexity index is 752. The maximum absolute atomic E-state index is 15.3. The summed E-state index contributed by atoms with van der Waals surface area (Å²) in [5.74, 6) is -0.116. The van der Waals surface area contributed by atoms with Crippen LogP contribution in [0.25, 0.3) is 0 Å². The zero-order valence-electron chi connectivity index (χ0n) is 15.7. The summed E-state index contributed by atoms with van der Waals surface area (Å²) in [6.07, 6.45) is 0. The Hall–Kier alpha value is -1.43. The lowest BCUT2D eigenvalue weighted by atomic mass is 9.73. The van der Waals surface area contributed by atoms with Gasteiger partial charge in [-0.25, -0.2) is 4.39 Å². The fourth-order valence-corrected chi connectivity index (χ4v) is 5.89. The lowest BCUT2D eigenvalue weighted by Crippen LogP contribution is -2.56. The van der Waals surface area contributed by atoms with Crippen LogP contribution in [0, 0.1) is 18.2 Å². The largest absolute Gasteiger partial charge is 0.494 e. The van der Waals surface area contributed by atoms with Gasteiger partial charge in [0.15, 0.2) is 0 Å². The molecule has 0 spiro atoms. The van der Waals surface area contributed by atoms with Crippen molar-refractivity contribution in [2.75, 3.05) is 13.2 Å². The molecule has 0 saturated carbocycles. The van der Waals surface area contributed by atoms with Crippen LogP contribution in [0.2, 0.25) is 13.1 Å². The van der Waals surface area contributed by atoms with Crippen molar-refractivity contribution in [3.8, 4) is 0 Å². The van der Waals surface area contributed by atoms with Gasteiger partial charge in [0, 0.05) is 18.6 Å². The van der Waals surface area contributed by atoms with E-state index >= 15 is 4.39 Å². The minimum Gasteiger partial charge on any atom is -0.407 e. The van der Waals surface area contributed by atoms with Gasteiger partial charge in [-0.05, 0) is 23.1 Å². The van der Waals surface area contributed by atoms with E-state index in [0.29, 0.717) is 18.8 Å². The van der Waals surface area contributed by atoms with E-state index in [4.69, 9.17) is 9.31 Å². The van der Waals surface area contributed by atoms with Gasteiger partial charge in [0.2, 0.25) is 0 Å². The Morgan fingerprint density at radius 3 is 2.20 bits per heavy atom. The Kier molecular flexibility index (Phi) is 4.93. The predicted molar refractivity (Wildman–Crippen MR) is 105 cm³/mol. The van der Waals surface area contributed by atoms with Crippen LogP contribution in [0.1, 0.15) is 19.4 Å². The SMILES string of the molecule is Cc1c(B2OCC(C)(C)CO2)ccc([Si](C)(C)c2ccccc2)c1F. The van der Waals surface area contributed by atoms with Crippen LogP contribution >= 0.6 is 0 Å². The zero-order valence-corrected chi connectivity index (χ0v) is 16.7. The number of hydrogen-bond acceptors (Lipinski definition) is 2. The Labute approximate surface area is 151 Å². The van der Waals surface area contributed by atoms with Crippen LogP contribution < -0.4 is 15.8 Å². The molecule has 0 radical (unpaired) electrons. The first-order chi connectivity index (χ1) is 11.7. The van der Waals surface area contributed by atoms with E-state index in [-0.39, 0.29) is 11.2 Å². The molecule has 1 aliphatic heterocycles. The maximum atomic E-state index is 15.3. The quantitative estimate of drug-likeness (QED) is 0.788. The van der Waals surface area contributed by atoms with Crippen LogP contribution in [0.15, 0.2) is 42.5 Å². The monoisotopic (exact) mass is 356 g/mol. The molecule has 1 fully saturated rings. The van der Waals surface area contributed by atoms with Crippen molar-refractivity contribution in [1.82, 2.24) is 0 Å². The van der Waals surface area contributed by atoms with Crippen molar-refractivity contribution >= 4 is 31.0 Å². The second-order valence-corrected chi connectivity index (χ2v) is 12.6. The number of halogens is 1. The van der Waals surface area contributed by atoms with Crippen LogP contribution in [0.5, 0.6) is 0 Å². The molecule has 0 N–H and O–H groups in total. The Morgan fingerprint density at radius 2 is 1.60 bits per heavy atom. The summed E-state index contributed by atoms with van der Waals surface area (Å²) in [4.78, 5) is 0. The second kappa shape index (κ2) is 6.71. The Morgan fingerprint density at radius 1 is 1.00 bits per heavy atom. The minimum absolute atomic E-state index is 0.00506. The maximum Gasteiger partial charge on any atom is 0.494 e. The first-order valence-corrected chi connectivity index (χ1v) is 11.8. The van der Waals surface area contributed by atoms with Gasteiger partial charge in [0.05, 0.1) is 0 Å². The summed E-state index contributed by atoms with van der Waals surface area (Å²) in [5.41, 5.74) is 1.44. The van der Waals surface area contributed by atoms with Crippen molar-refractivity contribution in [2.24, 2.45) is 5.41 Å². The van der Waals surface area contributed by atoms with Gasteiger partial charge < -0.3 is 9.31 Å². The van der Waals surface area contributed by atoms with Gasteiger partial charge in [-0.15, -0.1) is 0 Å². The van der Waals surface area contributed by atoms with E-state index in [9.17, 15) is 0 Å². The van der Waals surface area contributed by atoms with Gasteiger partial charge in [0.1, 0.15) is 13.9 Å². The average Bonchev–Trinajstić information content (AvgIpc) is 2.58. The minimum atomic E-state index is -2.08. The normalized spacial score (nSPS) is 17.6. The molecule has 0 amide bonds. The summed E-state index contributed by atoms with van der Waals surface area (Å²) in [5, 5.41) is 2.06. The van der Waals surface area contributed by atoms with Crippen molar-refractivity contribution < 1.29 is 13.7 Å². The third kappa shape index (κ3) is 3.59. The molecule has 0 unspecified atom stereocenters. The first kappa shape index (κ1) is 18.4. The molecule has 0 atom stereocenters. The Balaban J connectivity index is 1.94. The molecule has 2 aromatic carbocycles. The third-order valence-electron chi connectivity index (χ3n) is 5.10. The van der Waals surface area contributed by atoms with Crippen LogP contribution in [0.4, 0.5) is 4.39 Å². The molecule has 5 heteroatoms. The molecule has 1 heterocycles. The van der Waals surface area contributed by atoms with Gasteiger partial charge >= 0.3 is 7.12 Å². The highest BCUT2D eigenvalue weighted by Gasteiger charge is 2.36. The first-order valence-electron chi connectivity index (χ1n) is 8.80. The second-order valence-electron chi connectivity index (χ2n) is 8.25. The number of rotatable bonds is 3. The van der Waals surface area contributed by atoms with Gasteiger partial charge in [-0.3, -0.25) is 0 Å². The van der Waals surface area contributed by atoms with Gasteiger partial charge in [-0.2, -0.15) is 0 Å². The van der Waals surface area contributed by atoms with Crippen LogP contribution in [-0.2, 0) is 9.31 Å². The lowest BCUT2D eigenvalue weighted by molar-refractivity contribution is 0.0342. The summed E-state index contributed by atoms with van der Waals surface area (Å²) in [6.45, 7) is 11.7. The van der Waals surface area contributed by atoms with E-state index in [1.165, 1.54) is 5.19 Å². The molecular weight excluding hydrogens is 330 g/mol. The zero-order chi connectivity index (χ0) is 18.2. The summed E-state index contributed by atoms with van der Waals surface area (Å²) in [7, 11) is -2.56. The van der Waals surface area contributed by atoms with Crippen molar-refractivity contribution in [3.63, 3.8) is 0 Å². The van der Waals surface area contributed by atoms with Gasteiger partial charge in [-0.1, -0.05) is 74.6 Å². The molecule has 2 aromatic rings. The summed E-state index contributed by atoms with van der Waals surface area (Å²) < 4.78 is 27.0. The van der Waals surface area contributed by atoms with E-state index in [1.54, 1.807) is 0 Å². The molecule has 25 heavy (non-hydrogen) atoms. The topological polar surface area (TPSA) is 18.5 Å². The number of benzene rings is 2. The van der Waals surface area contributed by atoms with E-state index in [1.807, 2.05) is 37.3 Å². The predicted octanol–water partition coefficient (Wildman–Crippen LogP) is 2.72. The summed E-state index contributed by atoms with van der Waals surface area (Å²) in [6, 6.07) is 14.2. The lowest BCUT2D eigenvalue weighted by Gasteiger charge is -2.34. The molecule has 1 saturated heterocycles. The van der Waals surface area contributed by atoms with E-state index in [2.05, 4.69) is 39.1 Å². The van der Waals surface area contributed by atoms with Gasteiger partial charge in [0.25, 0.3) is 0 Å². The molecular formula is C20H26BFO2Si. The molecule has 0 bridgehead atoms. The van der Waals surface area contributed by atoms with Crippen LogP contribution in [-0.4, -0.2) is 28.4 Å². The van der Waals surface area contributed by atoms with Crippen molar-refractivity contribution in [2.45, 2.75) is 33.9 Å². The smallest absolute Gasteiger partial charge is 0.407 e. The third-order valence-corrected chi connectivity index (χ3v) is 8.61. The molecule has 2 nitrogen and oxygen atoms in total.